The van der Waals surface area contributed by atoms with E-state index in [2.05, 4.69) is 4.74 Å². The minimum atomic E-state index is -3.59. The molecule has 0 aromatic heterocycles. The molecule has 9 heteroatoms. The fourth-order valence-corrected chi connectivity index (χ4v) is 2.90. The Labute approximate surface area is 123 Å². The summed E-state index contributed by atoms with van der Waals surface area (Å²) in [6, 6.07) is 0. The molecule has 2 aliphatic rings. The lowest BCUT2D eigenvalue weighted by Crippen LogP contribution is -2.34. The molecule has 0 radical (unpaired) electrons. The fraction of sp³-hybridized carbons (Fsp3) is 0.917. The molecule has 8 nitrogen and oxygen atoms in total. The smallest absolute Gasteiger partial charge is 0.305 e. The minimum absolute atomic E-state index is 0.0366. The van der Waals surface area contributed by atoms with E-state index in [1.807, 2.05) is 0 Å². The predicted molar refractivity (Wildman–Crippen MR) is 69.6 cm³/mol. The molecule has 2 saturated heterocycles. The van der Waals surface area contributed by atoms with Crippen molar-refractivity contribution in [3.8, 4) is 0 Å². The maximum atomic E-state index is 11.5. The molecule has 2 rings (SSSR count). The first-order valence-corrected chi connectivity index (χ1v) is 8.35. The van der Waals surface area contributed by atoms with E-state index in [1.54, 1.807) is 13.8 Å². The fourth-order valence-electron chi connectivity index (χ4n) is 2.51. The largest absolute Gasteiger partial charge is 0.469 e. The van der Waals surface area contributed by atoms with Gasteiger partial charge in [-0.15, -0.1) is 0 Å². The van der Waals surface area contributed by atoms with Gasteiger partial charge in [0.2, 0.25) is 0 Å². The molecule has 21 heavy (non-hydrogen) atoms. The molecule has 2 fully saturated rings. The van der Waals surface area contributed by atoms with Crippen LogP contribution >= 0.6 is 0 Å². The van der Waals surface area contributed by atoms with E-state index < -0.39 is 46.3 Å². The third-order valence-corrected chi connectivity index (χ3v) is 3.94. The van der Waals surface area contributed by atoms with Gasteiger partial charge in [-0.2, -0.15) is 8.42 Å². The zero-order valence-corrected chi connectivity index (χ0v) is 13.2. The lowest BCUT2D eigenvalue weighted by atomic mass is 9.95. The Morgan fingerprint density at radius 3 is 2.52 bits per heavy atom. The predicted octanol–water partition coefficient (Wildman–Crippen LogP) is 0.0183. The third-order valence-electron chi connectivity index (χ3n) is 3.37. The van der Waals surface area contributed by atoms with Gasteiger partial charge < -0.3 is 18.9 Å². The summed E-state index contributed by atoms with van der Waals surface area (Å²) in [5, 5.41) is 0. The van der Waals surface area contributed by atoms with Crippen molar-refractivity contribution in [1.82, 2.24) is 0 Å². The highest BCUT2D eigenvalue weighted by atomic mass is 32.2. The number of rotatable bonds is 5. The number of carbonyl (C=O) groups excluding carboxylic acids is 1. The van der Waals surface area contributed by atoms with E-state index in [0.29, 0.717) is 0 Å². The highest BCUT2D eigenvalue weighted by Gasteiger charge is 2.55. The van der Waals surface area contributed by atoms with Crippen LogP contribution in [0.3, 0.4) is 0 Å². The van der Waals surface area contributed by atoms with Crippen LogP contribution in [0.15, 0.2) is 0 Å². The lowest BCUT2D eigenvalue weighted by Gasteiger charge is -2.24. The van der Waals surface area contributed by atoms with Crippen LogP contribution in [-0.4, -0.2) is 58.6 Å². The Kier molecular flexibility index (Phi) is 4.60. The van der Waals surface area contributed by atoms with E-state index in [1.165, 1.54) is 7.11 Å². The summed E-state index contributed by atoms with van der Waals surface area (Å²) in [4.78, 5) is 11.5. The van der Waals surface area contributed by atoms with Crippen LogP contribution < -0.4 is 0 Å². The Balaban J connectivity index is 2.08. The van der Waals surface area contributed by atoms with Crippen LogP contribution in [-0.2, 0) is 38.0 Å². The van der Waals surface area contributed by atoms with Crippen molar-refractivity contribution in [1.29, 1.82) is 0 Å². The van der Waals surface area contributed by atoms with E-state index >= 15 is 0 Å². The molecule has 2 aliphatic heterocycles. The molecule has 4 atom stereocenters. The van der Waals surface area contributed by atoms with Crippen LogP contribution in [0.4, 0.5) is 0 Å². The average molecular weight is 324 g/mol. The molecule has 0 N–H and O–H groups in total. The number of methoxy groups -OCH3 is 1. The monoisotopic (exact) mass is 324 g/mol. The molecule has 2 heterocycles. The average Bonchev–Trinajstić information content (AvgIpc) is 2.79. The molecular formula is C12H20O8S. The van der Waals surface area contributed by atoms with Gasteiger partial charge in [0.1, 0.15) is 6.10 Å². The normalized spacial score (nSPS) is 34.7. The maximum Gasteiger partial charge on any atom is 0.305 e. The van der Waals surface area contributed by atoms with Gasteiger partial charge in [0, 0.05) is 5.92 Å². The van der Waals surface area contributed by atoms with Gasteiger partial charge >= 0.3 is 5.97 Å². The van der Waals surface area contributed by atoms with E-state index in [0.717, 1.165) is 6.26 Å². The van der Waals surface area contributed by atoms with Crippen molar-refractivity contribution in [3.05, 3.63) is 0 Å². The molecule has 0 aromatic carbocycles. The van der Waals surface area contributed by atoms with Gasteiger partial charge in [-0.3, -0.25) is 8.98 Å². The number of hydrogen-bond acceptors (Lipinski definition) is 8. The first kappa shape index (κ1) is 16.6. The zero-order chi connectivity index (χ0) is 15.8. The molecule has 0 aliphatic carbocycles. The molecule has 0 spiro atoms. The lowest BCUT2D eigenvalue weighted by molar-refractivity contribution is -0.213. The van der Waals surface area contributed by atoms with Crippen LogP contribution in [0.2, 0.25) is 0 Å². The summed E-state index contributed by atoms with van der Waals surface area (Å²) in [6.07, 6.45) is -0.747. The summed E-state index contributed by atoms with van der Waals surface area (Å²) in [7, 11) is -2.31. The molecule has 122 valence electrons. The van der Waals surface area contributed by atoms with E-state index in [9.17, 15) is 13.2 Å². The Morgan fingerprint density at radius 1 is 1.29 bits per heavy atom. The highest BCUT2D eigenvalue weighted by Crippen LogP contribution is 2.42. The van der Waals surface area contributed by atoms with Gasteiger partial charge in [-0.1, -0.05) is 0 Å². The van der Waals surface area contributed by atoms with Crippen molar-refractivity contribution >= 4 is 16.1 Å². The van der Waals surface area contributed by atoms with E-state index in [4.69, 9.17) is 18.4 Å². The van der Waals surface area contributed by atoms with Crippen molar-refractivity contribution < 1.29 is 36.3 Å². The third kappa shape index (κ3) is 4.13. The number of esters is 1. The number of ether oxygens (including phenoxy) is 4. The summed E-state index contributed by atoms with van der Waals surface area (Å²) >= 11 is 0. The van der Waals surface area contributed by atoms with Crippen molar-refractivity contribution in [3.63, 3.8) is 0 Å². The quantitative estimate of drug-likeness (QED) is 0.516. The van der Waals surface area contributed by atoms with Gasteiger partial charge in [-0.05, 0) is 13.8 Å². The first-order chi connectivity index (χ1) is 9.61. The molecule has 0 aromatic rings. The number of fused-ring (bicyclic) bond motifs is 1. The van der Waals surface area contributed by atoms with E-state index in [-0.39, 0.29) is 13.0 Å². The summed E-state index contributed by atoms with van der Waals surface area (Å²) in [5.74, 6) is -1.64. The topological polar surface area (TPSA) is 97.4 Å². The van der Waals surface area contributed by atoms with Crippen molar-refractivity contribution in [2.75, 3.05) is 20.0 Å². The zero-order valence-electron chi connectivity index (χ0n) is 12.4. The molecular weight excluding hydrogens is 304 g/mol. The summed E-state index contributed by atoms with van der Waals surface area (Å²) < 4.78 is 48.5. The first-order valence-electron chi connectivity index (χ1n) is 6.53. The SMILES string of the molecule is COC(=O)C[C@H]1[C@H]2OC(C)(C)O[C@H]2O[C@@H]1COS(C)(=O)=O. The Morgan fingerprint density at radius 2 is 1.95 bits per heavy atom. The molecule has 0 unspecified atom stereocenters. The molecule has 0 saturated carbocycles. The van der Waals surface area contributed by atoms with Crippen LogP contribution in [0.5, 0.6) is 0 Å². The molecule has 0 bridgehead atoms. The second-order valence-electron chi connectivity index (χ2n) is 5.58. The Hall–Kier alpha value is -0.740. The van der Waals surface area contributed by atoms with Crippen molar-refractivity contribution in [2.24, 2.45) is 5.92 Å². The number of hydrogen-bond donors (Lipinski definition) is 0. The second-order valence-corrected chi connectivity index (χ2v) is 7.22. The van der Waals surface area contributed by atoms with Gasteiger partial charge in [0.05, 0.1) is 32.5 Å². The van der Waals surface area contributed by atoms with Gasteiger partial charge in [-0.25, -0.2) is 0 Å². The minimum Gasteiger partial charge on any atom is -0.469 e. The van der Waals surface area contributed by atoms with Gasteiger partial charge in [0.15, 0.2) is 12.1 Å². The Bertz CT molecular complexity index is 499. The molecule has 0 amide bonds. The van der Waals surface area contributed by atoms with Crippen LogP contribution in [0.25, 0.3) is 0 Å². The van der Waals surface area contributed by atoms with Crippen molar-refractivity contribution in [2.45, 2.75) is 44.6 Å². The highest BCUT2D eigenvalue weighted by molar-refractivity contribution is 7.85. The standard InChI is InChI=1S/C12H20O8S/c1-12(2)19-10-7(5-9(13)16-3)8(18-11(10)20-12)6-17-21(4,14)15/h7-8,10-11H,5-6H2,1-4H3/t7-,8-,10-,11-/m1/s1. The summed E-state index contributed by atoms with van der Waals surface area (Å²) in [5.41, 5.74) is 0. The maximum absolute atomic E-state index is 11.5. The van der Waals surface area contributed by atoms with Crippen LogP contribution in [0, 0.1) is 5.92 Å². The summed E-state index contributed by atoms with van der Waals surface area (Å²) in [6.45, 7) is 3.29. The number of carbonyl (C=O) groups is 1. The van der Waals surface area contributed by atoms with Gasteiger partial charge in [0.25, 0.3) is 10.1 Å². The van der Waals surface area contributed by atoms with Crippen LogP contribution in [0.1, 0.15) is 20.3 Å². The second kappa shape index (κ2) is 5.81.